The molecule has 17 nitrogen and oxygen atoms in total. The fraction of sp³-hybridized carbons (Fsp3) is 0.369. The Morgan fingerprint density at radius 3 is 2.29 bits per heavy atom. The van der Waals surface area contributed by atoms with E-state index < -0.39 is 11.9 Å². The molecule has 4 N–H and O–H groups in total. The van der Waals surface area contributed by atoms with Crippen LogP contribution < -0.4 is 20.1 Å². The number of nitrogens with one attached hydrogen (secondary N) is 4. The van der Waals surface area contributed by atoms with Crippen LogP contribution in [0.25, 0.3) is 23.1 Å². The number of anilines is 2. The molecule has 0 saturated carbocycles. The second-order valence-corrected chi connectivity index (χ2v) is 20.8. The van der Waals surface area contributed by atoms with E-state index in [0.717, 1.165) is 79.4 Å². The van der Waals surface area contributed by atoms with E-state index in [-0.39, 0.29) is 49.1 Å². The molecule has 0 fully saturated rings. The van der Waals surface area contributed by atoms with Crippen LogP contribution >= 0.6 is 0 Å². The molecule has 6 aromatic rings. The fourth-order valence-corrected chi connectivity index (χ4v) is 11.3. The minimum absolute atomic E-state index is 0.0617. The number of hydrogen-bond acceptors (Lipinski definition) is 14. The van der Waals surface area contributed by atoms with Crippen molar-refractivity contribution < 1.29 is 42.8 Å². The first-order chi connectivity index (χ1) is 39.7. The number of amides is 1. The maximum Gasteiger partial charge on any atom is 0.339 e. The zero-order chi connectivity index (χ0) is 58.0. The van der Waals surface area contributed by atoms with Crippen LogP contribution in [0.5, 0.6) is 11.5 Å². The summed E-state index contributed by atoms with van der Waals surface area (Å²) < 4.78 is 33.0. The lowest BCUT2D eigenvalue weighted by molar-refractivity contribution is -0.140. The molecule has 2 unspecified atom stereocenters. The Hall–Kier alpha value is -8.59. The highest BCUT2D eigenvalue weighted by molar-refractivity contribution is 6.06. The van der Waals surface area contributed by atoms with E-state index in [1.165, 1.54) is 31.7 Å². The number of benzene rings is 3. The molecule has 0 aliphatic carbocycles. The molecule has 3 aromatic carbocycles. The number of aromatic nitrogens is 4. The van der Waals surface area contributed by atoms with E-state index in [2.05, 4.69) is 82.8 Å². The molecule has 0 saturated heterocycles. The van der Waals surface area contributed by atoms with Gasteiger partial charge in [0.15, 0.2) is 11.5 Å². The smallest absolute Gasteiger partial charge is 0.339 e. The Morgan fingerprint density at radius 1 is 0.854 bits per heavy atom. The lowest BCUT2D eigenvalue weighted by atomic mass is 9.78. The number of fused-ring (bicyclic) bond motifs is 7. The summed E-state index contributed by atoms with van der Waals surface area (Å²) in [6, 6.07) is 19.1. The van der Waals surface area contributed by atoms with E-state index >= 15 is 0 Å². The molecular weight excluding hydrogens is 1040 g/mol. The summed E-state index contributed by atoms with van der Waals surface area (Å²) in [6.07, 6.45) is 7.85. The second kappa shape index (κ2) is 26.3. The molecule has 3 aromatic heterocycles. The summed E-state index contributed by atoms with van der Waals surface area (Å²) >= 11 is 0. The summed E-state index contributed by atoms with van der Waals surface area (Å²) in [6.45, 7) is 16.3. The van der Waals surface area contributed by atoms with Crippen molar-refractivity contribution in [3.63, 3.8) is 0 Å². The van der Waals surface area contributed by atoms with Gasteiger partial charge in [-0.25, -0.2) is 14.8 Å². The number of aromatic amines is 2. The van der Waals surface area contributed by atoms with Gasteiger partial charge >= 0.3 is 11.9 Å². The third-order valence-corrected chi connectivity index (χ3v) is 15.8. The highest BCUT2D eigenvalue weighted by Gasteiger charge is 2.41. The Balaban J connectivity index is 0.997. The lowest BCUT2D eigenvalue weighted by Crippen LogP contribution is -2.31. The fourth-order valence-electron chi connectivity index (χ4n) is 11.3. The number of nitrogens with zero attached hydrogens (tertiary/aromatic N) is 4. The van der Waals surface area contributed by atoms with Crippen molar-refractivity contribution in [2.75, 3.05) is 60.2 Å². The first-order valence-electron chi connectivity index (χ1n) is 27.8. The molecule has 0 spiro atoms. The number of ether oxygens (including phenoxy) is 6. The molecule has 1 amide bonds. The third-order valence-electron chi connectivity index (χ3n) is 15.8. The van der Waals surface area contributed by atoms with Crippen LogP contribution in [0.2, 0.25) is 0 Å². The van der Waals surface area contributed by atoms with E-state index in [9.17, 15) is 14.4 Å². The van der Waals surface area contributed by atoms with Gasteiger partial charge in [0.1, 0.15) is 25.4 Å². The molecule has 17 heteroatoms. The zero-order valence-electron chi connectivity index (χ0n) is 48.3. The minimum atomic E-state index is -0.720. The van der Waals surface area contributed by atoms with Gasteiger partial charge in [0.25, 0.3) is 0 Å². The molecule has 6 heterocycles. The minimum Gasteiger partial charge on any atom is -0.487 e. The average Bonchev–Trinajstić information content (AvgIpc) is 4.35. The van der Waals surface area contributed by atoms with Gasteiger partial charge in [-0.3, -0.25) is 19.6 Å². The van der Waals surface area contributed by atoms with Crippen molar-refractivity contribution in [2.24, 2.45) is 21.8 Å². The molecular formula is C65H72N8O9. The molecule has 0 radical (unpaired) electrons. The van der Waals surface area contributed by atoms with Crippen molar-refractivity contribution >= 4 is 63.8 Å². The van der Waals surface area contributed by atoms with Crippen LogP contribution in [0.15, 0.2) is 100 Å². The van der Waals surface area contributed by atoms with E-state index in [1.54, 1.807) is 14.2 Å². The number of hydrogen-bond donors (Lipinski definition) is 4. The monoisotopic (exact) mass is 1110 g/mol. The summed E-state index contributed by atoms with van der Waals surface area (Å²) in [5.41, 5.74) is 15.1. The predicted octanol–water partition coefficient (Wildman–Crippen LogP) is 10.7. The Kier molecular flexibility index (Phi) is 18.7. The van der Waals surface area contributed by atoms with Crippen LogP contribution in [-0.2, 0) is 47.9 Å². The van der Waals surface area contributed by atoms with Crippen LogP contribution in [0.1, 0.15) is 119 Å². The van der Waals surface area contributed by atoms with Gasteiger partial charge in [-0.2, -0.15) is 0 Å². The highest BCUT2D eigenvalue weighted by atomic mass is 16.6. The van der Waals surface area contributed by atoms with Crippen molar-refractivity contribution in [1.29, 1.82) is 0 Å². The standard InChI is InChI=1S/C65H72N8O9/c1-11-45-37(3)50-31-52-39(5)47(21-22-60(75)79-9)62(72-52)49(63-61(65(76)80-10)40(6)53(73-63)33-56-46(12-2)38(4)51(71-56)32-55(45)70-50)30-59(74)66-35-43-17-13-15-41(27-43)19-20-42-16-14-18-44(28-42)69-64-48-29-57(81-25-23-77-7)58(82-26-24-78-8)34-54(48)67-36-68-64/h11,13-18,27-29,31,34,36,39,47,49,51,70,73H,1,12,21-26,30,32-33,35H2,2-10H3,(H,66,74)(H,67,68,69)/t39-,47-,49?,51?/m0/s1. The summed E-state index contributed by atoms with van der Waals surface area (Å²) in [4.78, 5) is 68.8. The number of carbonyl (C=O) groups excluding carboxylic acids is 3. The van der Waals surface area contributed by atoms with E-state index in [4.69, 9.17) is 38.4 Å². The quantitative estimate of drug-likeness (QED) is 0.0319. The summed E-state index contributed by atoms with van der Waals surface area (Å²) in [5, 5.41) is 7.35. The molecule has 8 bridgehead atoms. The Labute approximate surface area is 479 Å². The van der Waals surface area contributed by atoms with Gasteiger partial charge in [-0.05, 0) is 109 Å². The number of allylic oxidation sites excluding steroid dienone is 2. The lowest BCUT2D eigenvalue weighted by Gasteiger charge is -2.24. The number of H-pyrrole nitrogens is 2. The van der Waals surface area contributed by atoms with Crippen molar-refractivity contribution in [3.05, 3.63) is 152 Å². The largest absolute Gasteiger partial charge is 0.487 e. The topological polar surface area (TPSA) is 213 Å². The van der Waals surface area contributed by atoms with Crippen LogP contribution in [0, 0.1) is 37.5 Å². The highest BCUT2D eigenvalue weighted by Crippen LogP contribution is 2.44. The maximum atomic E-state index is 14.7. The zero-order valence-corrected chi connectivity index (χ0v) is 48.3. The number of methoxy groups -OCH3 is 4. The molecule has 3 aliphatic heterocycles. The van der Waals surface area contributed by atoms with Gasteiger partial charge in [-0.15, -0.1) is 0 Å². The molecule has 3 aliphatic rings. The van der Waals surface area contributed by atoms with Crippen LogP contribution in [0.4, 0.5) is 11.5 Å². The van der Waals surface area contributed by atoms with Gasteiger partial charge < -0.3 is 49.0 Å². The summed E-state index contributed by atoms with van der Waals surface area (Å²) in [7, 11) is 5.99. The van der Waals surface area contributed by atoms with Crippen LogP contribution in [-0.4, -0.2) is 110 Å². The summed E-state index contributed by atoms with van der Waals surface area (Å²) in [5.74, 6) is 5.95. The maximum absolute atomic E-state index is 14.7. The first-order valence-corrected chi connectivity index (χ1v) is 27.8. The van der Waals surface area contributed by atoms with Gasteiger partial charge in [0.05, 0.1) is 44.6 Å². The van der Waals surface area contributed by atoms with Crippen molar-refractivity contribution in [1.82, 2.24) is 25.3 Å². The average molecular weight is 1110 g/mol. The number of rotatable bonds is 20. The van der Waals surface area contributed by atoms with E-state index in [1.807, 2.05) is 73.7 Å². The van der Waals surface area contributed by atoms with Gasteiger partial charge in [0.2, 0.25) is 5.91 Å². The van der Waals surface area contributed by atoms with Crippen molar-refractivity contribution in [3.8, 4) is 23.3 Å². The Morgan fingerprint density at radius 2 is 1.59 bits per heavy atom. The molecule has 9 rings (SSSR count). The molecule has 4 atom stereocenters. The normalized spacial score (nSPS) is 17.3. The third kappa shape index (κ3) is 12.8. The predicted molar refractivity (Wildman–Crippen MR) is 319 cm³/mol. The SMILES string of the molecule is C=Cc1c2[nH]c(c1C)C=C1N=C(C(CC(=O)NCc3cccc(C#Cc4cccc(Nc5ncnc6cc(OCCOC)c(OCCOC)cc56)c4)c3)c3[nH]c(c(C)c3C(=O)OC)CC3=NC(C2)C(C)=C3CC)[C@@H](CCC(=O)OC)[C@@H]1C. The molecule has 426 valence electrons. The van der Waals surface area contributed by atoms with Gasteiger partial charge in [-0.1, -0.05) is 56.5 Å². The van der Waals surface area contributed by atoms with Gasteiger partial charge in [0, 0.05) is 132 Å². The van der Waals surface area contributed by atoms with E-state index in [0.29, 0.717) is 85.5 Å². The number of aliphatic imine (C=N–C) groups is 2. The first kappa shape index (κ1) is 58.1. The van der Waals surface area contributed by atoms with Crippen LogP contribution in [0.3, 0.4) is 0 Å². The number of carbonyl (C=O) groups is 3. The van der Waals surface area contributed by atoms with Crippen molar-refractivity contribution in [2.45, 2.75) is 91.6 Å². The number of esters is 2. The Bertz CT molecular complexity index is 3610. The molecule has 82 heavy (non-hydrogen) atoms. The second-order valence-electron chi connectivity index (χ2n) is 20.8.